The third kappa shape index (κ3) is 3.08. The molecule has 0 aliphatic carbocycles. The van der Waals surface area contributed by atoms with E-state index < -0.39 is 10.7 Å². The molecule has 19 heavy (non-hydrogen) atoms. The van der Waals surface area contributed by atoms with Crippen molar-refractivity contribution in [3.8, 4) is 0 Å². The second-order valence-corrected chi connectivity index (χ2v) is 5.56. The molecule has 0 aliphatic heterocycles. The summed E-state index contributed by atoms with van der Waals surface area (Å²) in [6.45, 7) is 3.89. The fourth-order valence-corrected chi connectivity index (χ4v) is 2.61. The Morgan fingerprint density at radius 2 is 2.11 bits per heavy atom. The van der Waals surface area contributed by atoms with Crippen molar-refractivity contribution in [1.29, 1.82) is 0 Å². The number of thiophene rings is 1. The molecule has 1 atom stereocenters. The molecule has 6 heteroatoms. The summed E-state index contributed by atoms with van der Waals surface area (Å²) in [6.07, 6.45) is 0. The molecule has 0 amide bonds. The van der Waals surface area contributed by atoms with E-state index in [1.165, 1.54) is 10.9 Å². The molecule has 0 bridgehead atoms. The molecule has 1 N–H and O–H groups in total. The van der Waals surface area contributed by atoms with Crippen molar-refractivity contribution in [3.63, 3.8) is 0 Å². The lowest BCUT2D eigenvalue weighted by atomic mass is 10.2. The SMILES string of the molecule is Cc1ccc(C(C)Nc2cc([N+](=O)[O-])ccc2F)s1. The molecule has 0 saturated heterocycles. The Morgan fingerprint density at radius 1 is 1.37 bits per heavy atom. The van der Waals surface area contributed by atoms with Gasteiger partial charge in [0.1, 0.15) is 5.82 Å². The summed E-state index contributed by atoms with van der Waals surface area (Å²) in [5.74, 6) is -0.495. The van der Waals surface area contributed by atoms with Crippen LogP contribution in [0.15, 0.2) is 30.3 Å². The number of rotatable bonds is 4. The Hall–Kier alpha value is -1.95. The molecule has 1 heterocycles. The predicted molar refractivity (Wildman–Crippen MR) is 74.1 cm³/mol. The maximum atomic E-state index is 13.6. The average molecular weight is 280 g/mol. The van der Waals surface area contributed by atoms with Crippen molar-refractivity contribution in [2.24, 2.45) is 0 Å². The fraction of sp³-hybridized carbons (Fsp3) is 0.231. The third-order valence-electron chi connectivity index (χ3n) is 2.72. The highest BCUT2D eigenvalue weighted by atomic mass is 32.1. The Labute approximate surface area is 114 Å². The van der Waals surface area contributed by atoms with Gasteiger partial charge < -0.3 is 5.32 Å². The van der Waals surface area contributed by atoms with E-state index in [9.17, 15) is 14.5 Å². The van der Waals surface area contributed by atoms with Gasteiger partial charge >= 0.3 is 0 Å². The van der Waals surface area contributed by atoms with Crippen LogP contribution < -0.4 is 5.32 Å². The normalized spacial score (nSPS) is 12.2. The van der Waals surface area contributed by atoms with Gasteiger partial charge in [-0.25, -0.2) is 4.39 Å². The summed E-state index contributed by atoms with van der Waals surface area (Å²) in [4.78, 5) is 12.4. The molecule has 2 rings (SSSR count). The zero-order chi connectivity index (χ0) is 14.0. The topological polar surface area (TPSA) is 55.2 Å². The first-order chi connectivity index (χ1) is 8.97. The van der Waals surface area contributed by atoms with Crippen LogP contribution in [0, 0.1) is 22.9 Å². The quantitative estimate of drug-likeness (QED) is 0.672. The standard InChI is InChI=1S/C13H13FN2O2S/c1-8-3-6-13(19-8)9(2)15-12-7-10(16(17)18)4-5-11(12)14/h3-7,9,15H,1-2H3. The number of halogens is 1. The van der Waals surface area contributed by atoms with E-state index in [0.29, 0.717) is 0 Å². The molecule has 2 aromatic rings. The highest BCUT2D eigenvalue weighted by Crippen LogP contribution is 2.28. The summed E-state index contributed by atoms with van der Waals surface area (Å²) >= 11 is 1.61. The van der Waals surface area contributed by atoms with Gasteiger partial charge in [0.15, 0.2) is 0 Å². The lowest BCUT2D eigenvalue weighted by Gasteiger charge is -2.14. The highest BCUT2D eigenvalue weighted by Gasteiger charge is 2.14. The van der Waals surface area contributed by atoms with Crippen LogP contribution in [0.4, 0.5) is 15.8 Å². The van der Waals surface area contributed by atoms with Gasteiger partial charge in [0, 0.05) is 21.9 Å². The average Bonchev–Trinajstić information content (AvgIpc) is 2.78. The highest BCUT2D eigenvalue weighted by molar-refractivity contribution is 7.12. The molecular formula is C13H13FN2O2S. The molecule has 0 fully saturated rings. The molecule has 0 saturated carbocycles. The zero-order valence-corrected chi connectivity index (χ0v) is 11.3. The van der Waals surface area contributed by atoms with Gasteiger partial charge in [0.2, 0.25) is 0 Å². The molecule has 1 unspecified atom stereocenters. The molecule has 1 aromatic carbocycles. The minimum absolute atomic E-state index is 0.102. The smallest absolute Gasteiger partial charge is 0.271 e. The number of nitrogens with zero attached hydrogens (tertiary/aromatic N) is 1. The number of hydrogen-bond donors (Lipinski definition) is 1. The van der Waals surface area contributed by atoms with E-state index in [2.05, 4.69) is 5.32 Å². The molecular weight excluding hydrogens is 267 g/mol. The number of anilines is 1. The van der Waals surface area contributed by atoms with Gasteiger partial charge in [-0.1, -0.05) is 0 Å². The van der Waals surface area contributed by atoms with Crippen LogP contribution >= 0.6 is 11.3 Å². The van der Waals surface area contributed by atoms with Crippen LogP contribution in [0.5, 0.6) is 0 Å². The molecule has 100 valence electrons. The second-order valence-electron chi connectivity index (χ2n) is 4.24. The van der Waals surface area contributed by atoms with Crippen molar-refractivity contribution in [3.05, 3.63) is 56.0 Å². The molecule has 1 aromatic heterocycles. The molecule has 0 aliphatic rings. The first-order valence-electron chi connectivity index (χ1n) is 5.74. The zero-order valence-electron chi connectivity index (χ0n) is 10.5. The summed E-state index contributed by atoms with van der Waals surface area (Å²) in [5.41, 5.74) is 0.0196. The van der Waals surface area contributed by atoms with E-state index >= 15 is 0 Å². The number of benzene rings is 1. The van der Waals surface area contributed by atoms with Crippen molar-refractivity contribution < 1.29 is 9.31 Å². The van der Waals surface area contributed by atoms with Crippen LogP contribution in [-0.4, -0.2) is 4.92 Å². The van der Waals surface area contributed by atoms with E-state index in [1.807, 2.05) is 26.0 Å². The lowest BCUT2D eigenvalue weighted by molar-refractivity contribution is -0.384. The number of hydrogen-bond acceptors (Lipinski definition) is 4. The number of nitro benzene ring substituents is 1. The van der Waals surface area contributed by atoms with Crippen LogP contribution in [-0.2, 0) is 0 Å². The van der Waals surface area contributed by atoms with E-state index in [1.54, 1.807) is 11.3 Å². The fourth-order valence-electron chi connectivity index (χ4n) is 1.73. The van der Waals surface area contributed by atoms with Gasteiger partial charge in [-0.3, -0.25) is 10.1 Å². The van der Waals surface area contributed by atoms with Crippen LogP contribution in [0.1, 0.15) is 22.7 Å². The van der Waals surface area contributed by atoms with Gasteiger partial charge in [-0.15, -0.1) is 11.3 Å². The van der Waals surface area contributed by atoms with Gasteiger partial charge in [-0.2, -0.15) is 0 Å². The van der Waals surface area contributed by atoms with Crippen LogP contribution in [0.25, 0.3) is 0 Å². The summed E-state index contributed by atoms with van der Waals surface area (Å²) < 4.78 is 13.6. The summed E-state index contributed by atoms with van der Waals surface area (Å²) in [6, 6.07) is 7.32. The summed E-state index contributed by atoms with van der Waals surface area (Å²) in [5, 5.41) is 13.6. The lowest BCUT2D eigenvalue weighted by Crippen LogP contribution is -2.06. The Morgan fingerprint density at radius 3 is 2.68 bits per heavy atom. The number of aryl methyl sites for hydroxylation is 1. The van der Waals surface area contributed by atoms with E-state index in [0.717, 1.165) is 17.0 Å². The largest absolute Gasteiger partial charge is 0.375 e. The van der Waals surface area contributed by atoms with Crippen LogP contribution in [0.2, 0.25) is 0 Å². The van der Waals surface area contributed by atoms with Gasteiger partial charge in [-0.05, 0) is 32.0 Å². The first kappa shape index (κ1) is 13.5. The molecule has 0 spiro atoms. The minimum Gasteiger partial charge on any atom is -0.375 e. The van der Waals surface area contributed by atoms with Crippen molar-refractivity contribution in [2.75, 3.05) is 5.32 Å². The number of nitrogens with one attached hydrogen (secondary N) is 1. The monoisotopic (exact) mass is 280 g/mol. The first-order valence-corrected chi connectivity index (χ1v) is 6.56. The number of non-ortho nitro benzene ring substituents is 1. The maximum Gasteiger partial charge on any atom is 0.271 e. The molecule has 4 nitrogen and oxygen atoms in total. The third-order valence-corrected chi connectivity index (χ3v) is 3.90. The van der Waals surface area contributed by atoms with Gasteiger partial charge in [0.05, 0.1) is 16.7 Å². The van der Waals surface area contributed by atoms with Crippen molar-refractivity contribution in [1.82, 2.24) is 0 Å². The van der Waals surface area contributed by atoms with Crippen molar-refractivity contribution in [2.45, 2.75) is 19.9 Å². The Kier molecular flexibility index (Phi) is 3.80. The van der Waals surface area contributed by atoms with E-state index in [-0.39, 0.29) is 17.4 Å². The predicted octanol–water partition coefficient (Wildman–Crippen LogP) is 4.28. The summed E-state index contributed by atoms with van der Waals surface area (Å²) in [7, 11) is 0. The van der Waals surface area contributed by atoms with Gasteiger partial charge in [0.25, 0.3) is 5.69 Å². The number of nitro groups is 1. The minimum atomic E-state index is -0.537. The van der Waals surface area contributed by atoms with Crippen LogP contribution in [0.3, 0.4) is 0 Å². The molecule has 0 radical (unpaired) electrons. The maximum absolute atomic E-state index is 13.6. The second kappa shape index (κ2) is 5.36. The Bertz CT molecular complexity index is 612. The Balaban J connectivity index is 2.22. The van der Waals surface area contributed by atoms with E-state index in [4.69, 9.17) is 0 Å². The van der Waals surface area contributed by atoms with Crippen molar-refractivity contribution >= 4 is 22.7 Å².